The van der Waals surface area contributed by atoms with Crippen molar-refractivity contribution in [3.05, 3.63) is 24.3 Å². The zero-order valence-electron chi connectivity index (χ0n) is 13.8. The van der Waals surface area contributed by atoms with Gasteiger partial charge in [-0.2, -0.15) is 0 Å². The van der Waals surface area contributed by atoms with Crippen LogP contribution in [0.3, 0.4) is 0 Å². The Bertz CT molecular complexity index is 550. The number of nitrogens with one attached hydrogen (secondary N) is 2. The van der Waals surface area contributed by atoms with Gasteiger partial charge in [0.15, 0.2) is 0 Å². The minimum absolute atomic E-state index is 0.0483. The van der Waals surface area contributed by atoms with Gasteiger partial charge in [-0.3, -0.25) is 9.59 Å². The summed E-state index contributed by atoms with van der Waals surface area (Å²) in [5, 5.41) is 5.81. The first-order chi connectivity index (χ1) is 11.1. The van der Waals surface area contributed by atoms with Crippen LogP contribution in [0.5, 0.6) is 0 Å². The number of hydrogen-bond donors (Lipinski definition) is 2. The maximum atomic E-state index is 12.0. The van der Waals surface area contributed by atoms with Gasteiger partial charge >= 0.3 is 0 Å². The summed E-state index contributed by atoms with van der Waals surface area (Å²) in [5.41, 5.74) is 0.805. The van der Waals surface area contributed by atoms with Crippen LogP contribution in [0.1, 0.15) is 19.3 Å². The molecule has 0 aromatic heterocycles. The van der Waals surface area contributed by atoms with Crippen LogP contribution in [0.15, 0.2) is 29.2 Å². The molecule has 2 N–H and O–H groups in total. The predicted octanol–water partition coefficient (Wildman–Crippen LogP) is 2.20. The fraction of sp³-hybridized carbons (Fsp3) is 0.529. The van der Waals surface area contributed by atoms with Gasteiger partial charge in [0.1, 0.15) is 0 Å². The molecule has 1 aromatic rings. The number of anilines is 1. The second-order valence-electron chi connectivity index (χ2n) is 5.97. The number of para-hydroxylation sites is 1. The van der Waals surface area contributed by atoms with Crippen LogP contribution in [-0.4, -0.2) is 49.7 Å². The van der Waals surface area contributed by atoms with E-state index in [0.717, 1.165) is 30.1 Å². The fourth-order valence-corrected chi connectivity index (χ4v) is 3.28. The van der Waals surface area contributed by atoms with Crippen molar-refractivity contribution in [1.29, 1.82) is 0 Å². The zero-order chi connectivity index (χ0) is 16.7. The highest BCUT2D eigenvalue weighted by Crippen LogP contribution is 2.24. The van der Waals surface area contributed by atoms with E-state index in [1.54, 1.807) is 11.8 Å². The molecule has 2 amide bonds. The van der Waals surface area contributed by atoms with Crippen LogP contribution in [0.2, 0.25) is 0 Å². The number of nitrogens with zero attached hydrogens (tertiary/aromatic N) is 1. The molecule has 0 saturated carbocycles. The number of rotatable bonds is 7. The first-order valence-corrected chi connectivity index (χ1v) is 9.19. The van der Waals surface area contributed by atoms with Crippen molar-refractivity contribution in [1.82, 2.24) is 10.2 Å². The molecule has 1 aliphatic heterocycles. The molecule has 1 aliphatic rings. The van der Waals surface area contributed by atoms with E-state index in [1.807, 2.05) is 30.5 Å². The van der Waals surface area contributed by atoms with E-state index in [-0.39, 0.29) is 24.7 Å². The quantitative estimate of drug-likeness (QED) is 0.750. The van der Waals surface area contributed by atoms with Gasteiger partial charge < -0.3 is 15.5 Å². The van der Waals surface area contributed by atoms with Gasteiger partial charge in [-0.1, -0.05) is 12.1 Å². The van der Waals surface area contributed by atoms with Crippen molar-refractivity contribution in [3.8, 4) is 0 Å². The highest BCUT2D eigenvalue weighted by atomic mass is 32.2. The smallest absolute Gasteiger partial charge is 0.224 e. The lowest BCUT2D eigenvalue weighted by molar-refractivity contribution is -0.124. The molecular weight excluding hydrogens is 310 g/mol. The highest BCUT2D eigenvalue weighted by Gasteiger charge is 2.19. The van der Waals surface area contributed by atoms with Crippen molar-refractivity contribution in [3.63, 3.8) is 0 Å². The average Bonchev–Trinajstić information content (AvgIpc) is 2.97. The molecule has 1 fully saturated rings. The molecule has 1 aromatic carbocycles. The van der Waals surface area contributed by atoms with Crippen LogP contribution in [0.4, 0.5) is 5.69 Å². The zero-order valence-corrected chi connectivity index (χ0v) is 14.6. The van der Waals surface area contributed by atoms with Crippen LogP contribution >= 0.6 is 11.8 Å². The Morgan fingerprint density at radius 3 is 2.70 bits per heavy atom. The number of thioether (sulfide) groups is 1. The first kappa shape index (κ1) is 17.8. The first-order valence-electron chi connectivity index (χ1n) is 7.96. The highest BCUT2D eigenvalue weighted by molar-refractivity contribution is 7.98. The predicted molar refractivity (Wildman–Crippen MR) is 94.7 cm³/mol. The van der Waals surface area contributed by atoms with Crippen molar-refractivity contribution in [2.75, 3.05) is 38.3 Å². The van der Waals surface area contributed by atoms with Gasteiger partial charge in [-0.25, -0.2) is 0 Å². The molecule has 126 valence electrons. The minimum atomic E-state index is -0.123. The van der Waals surface area contributed by atoms with Crippen LogP contribution in [0.25, 0.3) is 0 Å². The molecule has 23 heavy (non-hydrogen) atoms. The maximum Gasteiger partial charge on any atom is 0.224 e. The molecule has 0 radical (unpaired) electrons. The molecule has 2 rings (SSSR count). The van der Waals surface area contributed by atoms with Crippen molar-refractivity contribution >= 4 is 29.3 Å². The Labute approximate surface area is 142 Å². The van der Waals surface area contributed by atoms with Gasteiger partial charge in [-0.05, 0) is 44.3 Å². The molecule has 1 heterocycles. The van der Waals surface area contributed by atoms with Crippen molar-refractivity contribution < 1.29 is 9.59 Å². The Morgan fingerprint density at radius 2 is 2.00 bits per heavy atom. The molecule has 1 saturated heterocycles. The summed E-state index contributed by atoms with van der Waals surface area (Å²) in [5.74, 6) is 0.362. The molecule has 0 bridgehead atoms. The molecule has 5 nitrogen and oxygen atoms in total. The van der Waals surface area contributed by atoms with E-state index in [9.17, 15) is 9.59 Å². The number of likely N-dealkylation sites (tertiary alicyclic amines) is 1. The lowest BCUT2D eigenvalue weighted by Crippen LogP contribution is -2.31. The molecule has 0 aliphatic carbocycles. The largest absolute Gasteiger partial charge is 0.356 e. The lowest BCUT2D eigenvalue weighted by atomic mass is 10.1. The molecule has 6 heteroatoms. The summed E-state index contributed by atoms with van der Waals surface area (Å²) in [7, 11) is 2.10. The molecular formula is C17H25N3O2S. The summed E-state index contributed by atoms with van der Waals surface area (Å²) in [6, 6.07) is 7.67. The molecule has 1 atom stereocenters. The number of hydrogen-bond acceptors (Lipinski definition) is 4. The van der Waals surface area contributed by atoms with Gasteiger partial charge in [0, 0.05) is 30.8 Å². The van der Waals surface area contributed by atoms with E-state index in [1.165, 1.54) is 0 Å². The number of carbonyl (C=O) groups excluding carboxylic acids is 2. The van der Waals surface area contributed by atoms with E-state index in [4.69, 9.17) is 0 Å². The number of benzene rings is 1. The topological polar surface area (TPSA) is 61.4 Å². The number of carbonyl (C=O) groups is 2. The third-order valence-corrected chi connectivity index (χ3v) is 4.83. The SMILES string of the molecule is CSc1ccccc1NC(=O)CCC(=O)NC[C@@H]1CCN(C)C1. The van der Waals surface area contributed by atoms with Gasteiger partial charge in [0.05, 0.1) is 5.69 Å². The third-order valence-electron chi connectivity index (χ3n) is 4.04. The third kappa shape index (κ3) is 5.88. The lowest BCUT2D eigenvalue weighted by Gasteiger charge is -2.12. The number of amides is 2. The van der Waals surface area contributed by atoms with E-state index < -0.39 is 0 Å². The normalized spacial score (nSPS) is 17.9. The van der Waals surface area contributed by atoms with Gasteiger partial charge in [-0.15, -0.1) is 11.8 Å². The summed E-state index contributed by atoms with van der Waals surface area (Å²) >= 11 is 1.59. The Balaban J connectivity index is 1.68. The summed E-state index contributed by atoms with van der Waals surface area (Å²) in [6.07, 6.45) is 3.54. The fourth-order valence-electron chi connectivity index (χ4n) is 2.73. The van der Waals surface area contributed by atoms with Crippen LogP contribution < -0.4 is 10.6 Å². The van der Waals surface area contributed by atoms with E-state index >= 15 is 0 Å². The second-order valence-corrected chi connectivity index (χ2v) is 6.82. The van der Waals surface area contributed by atoms with Crippen LogP contribution in [0, 0.1) is 5.92 Å². The van der Waals surface area contributed by atoms with E-state index in [0.29, 0.717) is 12.5 Å². The summed E-state index contributed by atoms with van der Waals surface area (Å²) < 4.78 is 0. The monoisotopic (exact) mass is 335 g/mol. The summed E-state index contributed by atoms with van der Waals surface area (Å²) in [4.78, 5) is 27.1. The minimum Gasteiger partial charge on any atom is -0.356 e. The second kappa shape index (κ2) is 8.93. The van der Waals surface area contributed by atoms with Crippen molar-refractivity contribution in [2.24, 2.45) is 5.92 Å². The average molecular weight is 335 g/mol. The Kier molecular flexibility index (Phi) is 6.92. The standard InChI is InChI=1S/C17H25N3O2S/c1-20-10-9-13(12-20)11-18-16(21)7-8-17(22)19-14-5-3-4-6-15(14)23-2/h3-6,13H,7-12H2,1-2H3,(H,18,21)(H,19,22)/t13-/m0/s1. The summed E-state index contributed by atoms with van der Waals surface area (Å²) in [6.45, 7) is 2.84. The molecule has 0 unspecified atom stereocenters. The Hall–Kier alpha value is -1.53. The Morgan fingerprint density at radius 1 is 1.26 bits per heavy atom. The van der Waals surface area contributed by atoms with Gasteiger partial charge in [0.25, 0.3) is 0 Å². The van der Waals surface area contributed by atoms with E-state index in [2.05, 4.69) is 22.6 Å². The maximum absolute atomic E-state index is 12.0. The van der Waals surface area contributed by atoms with Gasteiger partial charge in [0.2, 0.25) is 11.8 Å². The van der Waals surface area contributed by atoms with Crippen molar-refractivity contribution in [2.45, 2.75) is 24.2 Å². The molecule has 0 spiro atoms. The van der Waals surface area contributed by atoms with Crippen LogP contribution in [-0.2, 0) is 9.59 Å².